The van der Waals surface area contributed by atoms with Gasteiger partial charge in [0.15, 0.2) is 6.10 Å². The van der Waals surface area contributed by atoms with Gasteiger partial charge in [0.25, 0.3) is 0 Å². The molecular weight excluding hydrogens is 813 g/mol. The highest BCUT2D eigenvalue weighted by atomic mass is 16.6. The first-order valence-corrected chi connectivity index (χ1v) is 22.6. The molecule has 6 heterocycles. The van der Waals surface area contributed by atoms with Gasteiger partial charge < -0.3 is 39.0 Å². The van der Waals surface area contributed by atoms with Crippen LogP contribution in [-0.4, -0.2) is 121 Å². The lowest BCUT2D eigenvalue weighted by molar-refractivity contribution is -0.212. The molecule has 6 aliphatic rings. The van der Waals surface area contributed by atoms with Gasteiger partial charge in [-0.1, -0.05) is 55.3 Å². The number of likely N-dealkylation sites (N-methyl/N-ethyl adjacent to an activating group) is 1. The van der Waals surface area contributed by atoms with E-state index in [1.807, 2.05) is 42.3 Å². The molecule has 13 nitrogen and oxygen atoms in total. The summed E-state index contributed by atoms with van der Waals surface area (Å²) in [6.45, 7) is 9.00. The second-order valence-corrected chi connectivity index (χ2v) is 18.8. The average molecular weight is 871 g/mol. The van der Waals surface area contributed by atoms with Crippen molar-refractivity contribution in [3.8, 4) is 22.6 Å². The van der Waals surface area contributed by atoms with Gasteiger partial charge in [0.1, 0.15) is 16.9 Å². The molecule has 5 aliphatic heterocycles. The van der Waals surface area contributed by atoms with Crippen molar-refractivity contribution in [2.24, 2.45) is 11.8 Å². The maximum absolute atomic E-state index is 15.5. The summed E-state index contributed by atoms with van der Waals surface area (Å²) in [7, 11) is 6.19. The fourth-order valence-electron chi connectivity index (χ4n) is 13.5. The van der Waals surface area contributed by atoms with E-state index >= 15 is 4.79 Å². The number of nitrogens with one attached hydrogen (secondary N) is 1. The van der Waals surface area contributed by atoms with Crippen LogP contribution in [0.5, 0.6) is 11.5 Å². The number of rotatable bonds is 8. The largest absolute Gasteiger partial charge is 0.508 e. The molecule has 1 spiro atoms. The number of hydrogen-bond donors (Lipinski definition) is 3. The minimum atomic E-state index is -2.28. The van der Waals surface area contributed by atoms with Crippen molar-refractivity contribution < 1.29 is 43.5 Å². The van der Waals surface area contributed by atoms with Gasteiger partial charge in [-0.15, -0.1) is 0 Å². The van der Waals surface area contributed by atoms with Gasteiger partial charge in [-0.2, -0.15) is 0 Å². The summed E-state index contributed by atoms with van der Waals surface area (Å²) in [4.78, 5) is 53.5. The van der Waals surface area contributed by atoms with Crippen LogP contribution in [0.25, 0.3) is 22.0 Å². The van der Waals surface area contributed by atoms with Crippen LogP contribution in [0.3, 0.4) is 0 Å². The summed E-state index contributed by atoms with van der Waals surface area (Å²) in [6, 6.07) is 16.3. The van der Waals surface area contributed by atoms with Crippen molar-refractivity contribution in [2.75, 3.05) is 59.5 Å². The zero-order chi connectivity index (χ0) is 45.0. The number of aromatic amines is 1. The van der Waals surface area contributed by atoms with E-state index in [1.165, 1.54) is 26.7 Å². The van der Waals surface area contributed by atoms with E-state index in [9.17, 15) is 19.8 Å². The highest BCUT2D eigenvalue weighted by Crippen LogP contribution is 2.65. The topological polar surface area (TPSA) is 154 Å². The zero-order valence-electron chi connectivity index (χ0n) is 37.7. The number of aliphatic hydroxyl groups is 1. The number of esters is 3. The van der Waals surface area contributed by atoms with E-state index < -0.39 is 52.4 Å². The molecule has 336 valence electrons. The molecule has 0 radical (unpaired) electrons. The van der Waals surface area contributed by atoms with Gasteiger partial charge in [0, 0.05) is 91.4 Å². The molecule has 2 fully saturated rings. The Morgan fingerprint density at radius 3 is 2.42 bits per heavy atom. The van der Waals surface area contributed by atoms with Crippen LogP contribution >= 0.6 is 0 Å². The van der Waals surface area contributed by atoms with E-state index in [4.69, 9.17) is 18.9 Å². The molecule has 2 unspecified atom stereocenters. The van der Waals surface area contributed by atoms with E-state index in [0.717, 1.165) is 69.6 Å². The van der Waals surface area contributed by atoms with Crippen molar-refractivity contribution >= 4 is 34.5 Å². The molecule has 10 rings (SSSR count). The first-order chi connectivity index (χ1) is 30.8. The second kappa shape index (κ2) is 15.2. The summed E-state index contributed by atoms with van der Waals surface area (Å²) in [5.41, 5.74) is 4.38. The summed E-state index contributed by atoms with van der Waals surface area (Å²) in [5, 5.41) is 24.7. The molecule has 2 bridgehead atoms. The minimum Gasteiger partial charge on any atom is -0.508 e. The number of ether oxygens (including phenoxy) is 4. The van der Waals surface area contributed by atoms with E-state index in [2.05, 4.69) is 52.9 Å². The van der Waals surface area contributed by atoms with Crippen LogP contribution in [0, 0.1) is 11.8 Å². The summed E-state index contributed by atoms with van der Waals surface area (Å²) < 4.78 is 24.0. The molecule has 1 aliphatic carbocycles. The maximum Gasteiger partial charge on any atom is 0.344 e. The number of phenols is 1. The lowest BCUT2D eigenvalue weighted by atomic mass is 9.52. The predicted octanol–water partition coefficient (Wildman–Crippen LogP) is 6.13. The van der Waals surface area contributed by atoms with Gasteiger partial charge in [-0.3, -0.25) is 19.4 Å². The molecule has 13 heteroatoms. The lowest BCUT2D eigenvalue weighted by Gasteiger charge is -2.59. The SMILES string of the molecule is CCC1=C[C@H]2CN(C1)Cc1c([nH]c3ccc(-c4cccc(O)c4)cc13)[C@@](C(=O)OC)(c1cc3c(cc1OC)N(C)[C@H]1[C@@](O)(C(=O)OC)[C@H](OC(C)=O)C4C(CC)=CCN5CC[C@]31[C@H]45)C2. The molecule has 3 aromatic carbocycles. The number of anilines is 1. The number of fused-ring (bicyclic) bond motifs is 6. The monoisotopic (exact) mass is 870 g/mol. The number of carbonyl (C=O) groups excluding carboxylic acids is 3. The van der Waals surface area contributed by atoms with Crippen molar-refractivity contribution in [1.29, 1.82) is 0 Å². The van der Waals surface area contributed by atoms with Crippen molar-refractivity contribution in [3.63, 3.8) is 0 Å². The Kier molecular flexibility index (Phi) is 10.1. The number of aromatic nitrogens is 1. The third-order valence-electron chi connectivity index (χ3n) is 15.9. The van der Waals surface area contributed by atoms with Gasteiger partial charge in [0.05, 0.1) is 27.4 Å². The van der Waals surface area contributed by atoms with Crippen LogP contribution in [0.4, 0.5) is 5.69 Å². The van der Waals surface area contributed by atoms with Crippen molar-refractivity contribution in [2.45, 2.75) is 87.6 Å². The zero-order valence-corrected chi connectivity index (χ0v) is 37.7. The Hall–Kier alpha value is -5.63. The third-order valence-corrected chi connectivity index (χ3v) is 15.9. The number of aromatic hydroxyl groups is 1. The lowest BCUT2D eigenvalue weighted by Crippen LogP contribution is -2.78. The summed E-state index contributed by atoms with van der Waals surface area (Å²) in [5.74, 6) is -1.81. The quantitative estimate of drug-likeness (QED) is 0.106. The van der Waals surface area contributed by atoms with Crippen molar-refractivity contribution in [3.05, 3.63) is 100 Å². The predicted molar refractivity (Wildman–Crippen MR) is 241 cm³/mol. The van der Waals surface area contributed by atoms with Crippen LogP contribution in [0.2, 0.25) is 0 Å². The number of H-pyrrole nitrogens is 1. The number of nitrogens with zero attached hydrogens (tertiary/aromatic N) is 3. The van der Waals surface area contributed by atoms with E-state index in [0.29, 0.717) is 50.2 Å². The van der Waals surface area contributed by atoms with Gasteiger partial charge in [-0.25, -0.2) is 4.79 Å². The maximum atomic E-state index is 15.5. The van der Waals surface area contributed by atoms with Crippen LogP contribution in [0.15, 0.2) is 77.9 Å². The van der Waals surface area contributed by atoms with Gasteiger partial charge in [0.2, 0.25) is 5.60 Å². The standard InChI is InChI=1S/C51H58N4O9/c1-8-29-19-30-24-50(47(58)62-6,43-36(27-54(25-29)26-30)35-21-33(13-14-39(35)52-43)32-11-10-12-34(57)20-32)38-22-37-40(23-41(38)61-5)53(4)46-49(37)16-18-55-17-15-31(9-2)42(44(49)55)45(64-28(3)56)51(46,60)48(59)63-7/h10-15,19-23,30,42,44-46,52,57,60H,8-9,16-18,24-27H2,1-7H3/t30-,42?,44+,45-,46-,49-,50+,51-/m1/s1. The van der Waals surface area contributed by atoms with Crippen molar-refractivity contribution in [1.82, 2.24) is 14.8 Å². The number of hydrogen-bond acceptors (Lipinski definition) is 12. The first kappa shape index (κ1) is 42.3. The molecule has 9 atom stereocenters. The average Bonchev–Trinajstić information content (AvgIpc) is 3.94. The van der Waals surface area contributed by atoms with E-state index in [-0.39, 0.29) is 17.7 Å². The minimum absolute atomic E-state index is 0.0257. The van der Waals surface area contributed by atoms with E-state index in [1.54, 1.807) is 19.2 Å². The molecule has 4 aromatic rings. The first-order valence-electron chi connectivity index (χ1n) is 22.6. The molecular formula is C51H58N4O9. The Morgan fingerprint density at radius 2 is 1.72 bits per heavy atom. The highest BCUT2D eigenvalue weighted by molar-refractivity contribution is 5.96. The molecule has 1 saturated heterocycles. The number of methoxy groups -OCH3 is 3. The Labute approximate surface area is 373 Å². The Morgan fingerprint density at radius 1 is 0.938 bits per heavy atom. The number of carbonyl (C=O) groups is 3. The summed E-state index contributed by atoms with van der Waals surface area (Å²) in [6.07, 6.45) is 5.74. The number of benzene rings is 3. The van der Waals surface area contributed by atoms with Crippen LogP contribution < -0.4 is 9.64 Å². The highest BCUT2D eigenvalue weighted by Gasteiger charge is 2.77. The Bertz CT molecular complexity index is 2670. The summed E-state index contributed by atoms with van der Waals surface area (Å²) >= 11 is 0. The fraction of sp³-hybridized carbons (Fsp3) is 0.471. The molecule has 1 aromatic heterocycles. The van der Waals surface area contributed by atoms with Gasteiger partial charge >= 0.3 is 17.9 Å². The molecule has 3 N–H and O–H groups in total. The van der Waals surface area contributed by atoms with Gasteiger partial charge in [-0.05, 0) is 90.7 Å². The smallest absolute Gasteiger partial charge is 0.344 e. The number of phenolic OH excluding ortho intramolecular Hbond substituents is 1. The van der Waals surface area contributed by atoms with Crippen LogP contribution in [-0.2, 0) is 46.0 Å². The third kappa shape index (κ3) is 5.75. The molecule has 64 heavy (non-hydrogen) atoms. The second-order valence-electron chi connectivity index (χ2n) is 18.8. The molecule has 0 amide bonds. The normalized spacial score (nSPS) is 31.3. The Balaban J connectivity index is 1.27. The van der Waals surface area contributed by atoms with Crippen LogP contribution in [0.1, 0.15) is 68.8 Å². The fourth-order valence-corrected chi connectivity index (χ4v) is 13.5. The molecule has 1 saturated carbocycles.